The number of pyridine rings is 1. The van der Waals surface area contributed by atoms with Crippen molar-refractivity contribution in [3.05, 3.63) is 66.5 Å². The number of rotatable bonds is 6. The van der Waals surface area contributed by atoms with E-state index in [0.717, 1.165) is 23.9 Å². The molecule has 0 aliphatic heterocycles. The summed E-state index contributed by atoms with van der Waals surface area (Å²) in [5, 5.41) is 11.7. The zero-order valence-corrected chi connectivity index (χ0v) is 14.4. The van der Waals surface area contributed by atoms with E-state index in [1.54, 1.807) is 12.1 Å². The molecule has 0 atom stereocenters. The van der Waals surface area contributed by atoms with Gasteiger partial charge in [0.15, 0.2) is 0 Å². The zero-order valence-electron chi connectivity index (χ0n) is 12.9. The van der Waals surface area contributed by atoms with Gasteiger partial charge in [-0.05, 0) is 18.2 Å². The Balaban J connectivity index is 2.23. The number of carbonyl (C=O) groups is 1. The van der Waals surface area contributed by atoms with E-state index in [-0.39, 0.29) is 18.2 Å². The molecule has 1 aromatic carbocycles. The minimum absolute atomic E-state index is 0.0109. The van der Waals surface area contributed by atoms with Crippen LogP contribution in [0, 0.1) is 10.1 Å². The maximum absolute atomic E-state index is 12.2. The summed E-state index contributed by atoms with van der Waals surface area (Å²) in [4.78, 5) is 34.1. The molecule has 2 rings (SSSR count). The Kier molecular flexibility index (Phi) is 6.00. The van der Waals surface area contributed by atoms with Gasteiger partial charge < -0.3 is 14.0 Å². The van der Waals surface area contributed by atoms with E-state index < -0.39 is 27.7 Å². The van der Waals surface area contributed by atoms with Crippen LogP contribution in [0.4, 0.5) is 5.69 Å². The second-order valence-electron chi connectivity index (χ2n) is 4.78. The Morgan fingerprint density at radius 2 is 2.04 bits per heavy atom. The van der Waals surface area contributed by atoms with Gasteiger partial charge in [-0.2, -0.15) is 0 Å². The fourth-order valence-electron chi connectivity index (χ4n) is 1.99. The van der Waals surface area contributed by atoms with Gasteiger partial charge in [-0.3, -0.25) is 14.9 Å². The number of methoxy groups -OCH3 is 1. The second-order valence-corrected chi connectivity index (χ2v) is 5.63. The first-order chi connectivity index (χ1) is 11.8. The molecule has 0 aliphatic carbocycles. The third kappa shape index (κ3) is 4.49. The molecule has 0 saturated carbocycles. The number of halogens is 2. The SMILES string of the molecule is COC(=O)c1cc([N+](=O)[O-])cn(CCOc2ccc(Cl)cc2Cl)c1=O. The van der Waals surface area contributed by atoms with Crippen molar-refractivity contribution in [2.24, 2.45) is 0 Å². The molecule has 1 heterocycles. The van der Waals surface area contributed by atoms with Crippen molar-refractivity contribution in [1.82, 2.24) is 4.57 Å². The van der Waals surface area contributed by atoms with Crippen LogP contribution in [0.3, 0.4) is 0 Å². The van der Waals surface area contributed by atoms with Crippen LogP contribution in [-0.4, -0.2) is 29.2 Å². The van der Waals surface area contributed by atoms with Crippen LogP contribution in [-0.2, 0) is 11.3 Å². The number of esters is 1. The van der Waals surface area contributed by atoms with Crippen LogP contribution < -0.4 is 10.3 Å². The number of hydrogen-bond acceptors (Lipinski definition) is 6. The highest BCUT2D eigenvalue weighted by atomic mass is 35.5. The van der Waals surface area contributed by atoms with E-state index in [1.807, 2.05) is 0 Å². The Hall–Kier alpha value is -2.58. The lowest BCUT2D eigenvalue weighted by atomic mass is 10.2. The van der Waals surface area contributed by atoms with Crippen molar-refractivity contribution < 1.29 is 19.2 Å². The van der Waals surface area contributed by atoms with Crippen molar-refractivity contribution in [1.29, 1.82) is 0 Å². The van der Waals surface area contributed by atoms with E-state index in [0.29, 0.717) is 10.8 Å². The van der Waals surface area contributed by atoms with Gasteiger partial charge >= 0.3 is 5.97 Å². The highest BCUT2D eigenvalue weighted by Gasteiger charge is 2.19. The van der Waals surface area contributed by atoms with E-state index in [2.05, 4.69) is 4.74 Å². The molecule has 0 radical (unpaired) electrons. The van der Waals surface area contributed by atoms with Gasteiger partial charge in [0.05, 0.1) is 29.8 Å². The molecule has 0 bridgehead atoms. The lowest BCUT2D eigenvalue weighted by Crippen LogP contribution is -2.28. The summed E-state index contributed by atoms with van der Waals surface area (Å²) in [5.41, 5.74) is -1.56. The molecule has 0 spiro atoms. The van der Waals surface area contributed by atoms with Gasteiger partial charge in [0, 0.05) is 11.1 Å². The molecule has 25 heavy (non-hydrogen) atoms. The van der Waals surface area contributed by atoms with E-state index in [1.165, 1.54) is 6.07 Å². The summed E-state index contributed by atoms with van der Waals surface area (Å²) >= 11 is 11.7. The molecule has 0 saturated heterocycles. The summed E-state index contributed by atoms with van der Waals surface area (Å²) < 4.78 is 10.9. The standard InChI is InChI=1S/C15H12Cl2N2O6/c1-24-15(21)11-7-10(19(22)23)8-18(14(11)20)4-5-25-13-3-2-9(16)6-12(13)17/h2-3,6-8H,4-5H2,1H3. The number of nitro groups is 1. The number of hydrogen-bond donors (Lipinski definition) is 0. The first kappa shape index (κ1) is 18.8. The van der Waals surface area contributed by atoms with Gasteiger partial charge in [-0.25, -0.2) is 4.79 Å². The Morgan fingerprint density at radius 3 is 2.64 bits per heavy atom. The van der Waals surface area contributed by atoms with Crippen LogP contribution in [0.1, 0.15) is 10.4 Å². The molecular weight excluding hydrogens is 375 g/mol. The highest BCUT2D eigenvalue weighted by molar-refractivity contribution is 6.35. The Morgan fingerprint density at radius 1 is 1.32 bits per heavy atom. The van der Waals surface area contributed by atoms with Crippen LogP contribution in [0.2, 0.25) is 10.0 Å². The quantitative estimate of drug-likeness (QED) is 0.429. The van der Waals surface area contributed by atoms with E-state index >= 15 is 0 Å². The van der Waals surface area contributed by atoms with Crippen molar-refractivity contribution in [3.63, 3.8) is 0 Å². The molecule has 0 N–H and O–H groups in total. The first-order valence-electron chi connectivity index (χ1n) is 6.88. The summed E-state index contributed by atoms with van der Waals surface area (Å²) in [5.74, 6) is -0.609. The number of nitrogens with zero attached hydrogens (tertiary/aromatic N) is 2. The minimum atomic E-state index is -0.955. The van der Waals surface area contributed by atoms with Gasteiger partial charge in [-0.15, -0.1) is 0 Å². The van der Waals surface area contributed by atoms with Gasteiger partial charge in [0.1, 0.15) is 17.9 Å². The minimum Gasteiger partial charge on any atom is -0.490 e. The fraction of sp³-hybridized carbons (Fsp3) is 0.200. The molecule has 0 aliphatic rings. The summed E-state index contributed by atoms with van der Waals surface area (Å²) in [6.45, 7) is -0.0491. The predicted octanol–water partition coefficient (Wildman–Crippen LogP) is 2.93. The average molecular weight is 387 g/mol. The monoisotopic (exact) mass is 386 g/mol. The van der Waals surface area contributed by atoms with Gasteiger partial charge in [-0.1, -0.05) is 23.2 Å². The molecule has 1 aromatic heterocycles. The summed E-state index contributed by atoms with van der Waals surface area (Å²) in [6.07, 6.45) is 1.03. The van der Waals surface area contributed by atoms with Crippen molar-refractivity contribution >= 4 is 34.9 Å². The van der Waals surface area contributed by atoms with Crippen molar-refractivity contribution in [2.75, 3.05) is 13.7 Å². The molecule has 0 fully saturated rings. The molecule has 0 unspecified atom stereocenters. The fourth-order valence-corrected chi connectivity index (χ4v) is 2.45. The molecule has 0 amide bonds. The van der Waals surface area contributed by atoms with Crippen LogP contribution in [0.5, 0.6) is 5.75 Å². The lowest BCUT2D eigenvalue weighted by Gasteiger charge is -2.10. The van der Waals surface area contributed by atoms with Crippen molar-refractivity contribution in [2.45, 2.75) is 6.54 Å². The molecule has 8 nitrogen and oxygen atoms in total. The number of carbonyl (C=O) groups excluding carboxylic acids is 1. The molecule has 132 valence electrons. The summed E-state index contributed by atoms with van der Waals surface area (Å²) in [7, 11) is 1.08. The number of ether oxygens (including phenoxy) is 2. The maximum atomic E-state index is 12.2. The first-order valence-corrected chi connectivity index (χ1v) is 7.64. The van der Waals surface area contributed by atoms with E-state index in [9.17, 15) is 19.7 Å². The van der Waals surface area contributed by atoms with Crippen molar-refractivity contribution in [3.8, 4) is 5.75 Å². The topological polar surface area (TPSA) is 101 Å². The maximum Gasteiger partial charge on any atom is 0.343 e. The normalized spacial score (nSPS) is 10.4. The Labute approximate surface area is 151 Å². The largest absolute Gasteiger partial charge is 0.490 e. The predicted molar refractivity (Wildman–Crippen MR) is 90.7 cm³/mol. The third-order valence-corrected chi connectivity index (χ3v) is 3.70. The van der Waals surface area contributed by atoms with Gasteiger partial charge in [0.2, 0.25) is 0 Å². The van der Waals surface area contributed by atoms with Crippen LogP contribution >= 0.6 is 23.2 Å². The number of aromatic nitrogens is 1. The van der Waals surface area contributed by atoms with Crippen LogP contribution in [0.15, 0.2) is 35.3 Å². The molecule has 10 heteroatoms. The third-order valence-electron chi connectivity index (χ3n) is 3.17. The smallest absolute Gasteiger partial charge is 0.343 e. The second kappa shape index (κ2) is 8.00. The molecule has 2 aromatic rings. The summed E-state index contributed by atoms with van der Waals surface area (Å²) in [6, 6.07) is 5.51. The average Bonchev–Trinajstić information content (AvgIpc) is 2.57. The molecular formula is C15H12Cl2N2O6. The Bertz CT molecular complexity index is 881. The highest BCUT2D eigenvalue weighted by Crippen LogP contribution is 2.27. The van der Waals surface area contributed by atoms with Gasteiger partial charge in [0.25, 0.3) is 11.2 Å². The zero-order chi connectivity index (χ0) is 18.6. The lowest BCUT2D eigenvalue weighted by molar-refractivity contribution is -0.385. The van der Waals surface area contributed by atoms with Crippen LogP contribution in [0.25, 0.3) is 0 Å². The van der Waals surface area contributed by atoms with E-state index in [4.69, 9.17) is 27.9 Å². The number of benzene rings is 1.